The van der Waals surface area contributed by atoms with Crippen LogP contribution in [0.1, 0.15) is 24.3 Å². The van der Waals surface area contributed by atoms with E-state index in [-0.39, 0.29) is 22.8 Å². The molecule has 5 heteroatoms. The molecule has 0 saturated carbocycles. The average molecular weight is 281 g/mol. The number of sulfone groups is 1. The molecule has 0 aliphatic carbocycles. The van der Waals surface area contributed by atoms with Crippen LogP contribution in [0.4, 0.5) is 0 Å². The first-order valence-electron chi connectivity index (χ1n) is 6.66. The van der Waals surface area contributed by atoms with E-state index in [1.165, 1.54) is 5.56 Å². The maximum atomic E-state index is 11.7. The number of rotatable bonds is 3. The zero-order valence-corrected chi connectivity index (χ0v) is 11.7. The largest absolute Gasteiger partial charge is 0.493 e. The van der Waals surface area contributed by atoms with E-state index >= 15 is 0 Å². The second-order valence-corrected chi connectivity index (χ2v) is 7.98. The van der Waals surface area contributed by atoms with Gasteiger partial charge in [-0.05, 0) is 30.9 Å². The Morgan fingerprint density at radius 1 is 1.37 bits per heavy atom. The number of benzene rings is 1. The van der Waals surface area contributed by atoms with Gasteiger partial charge in [0, 0.05) is 11.5 Å². The average Bonchev–Trinajstić information content (AvgIpc) is 2.93. The Balaban J connectivity index is 1.82. The lowest BCUT2D eigenvalue weighted by atomic mass is 9.77. The number of ether oxygens (including phenoxy) is 1. The molecule has 3 rings (SSSR count). The van der Waals surface area contributed by atoms with E-state index in [1.54, 1.807) is 0 Å². The van der Waals surface area contributed by atoms with Gasteiger partial charge in [-0.25, -0.2) is 8.42 Å². The molecule has 2 heterocycles. The fourth-order valence-corrected chi connectivity index (χ4v) is 5.51. The van der Waals surface area contributed by atoms with E-state index in [0.717, 1.165) is 12.2 Å². The first-order chi connectivity index (χ1) is 9.04. The molecule has 104 valence electrons. The molecular formula is C14H19NO3S. The smallest absolute Gasteiger partial charge is 0.150 e. The van der Waals surface area contributed by atoms with Crippen molar-refractivity contribution in [2.75, 3.05) is 24.7 Å². The van der Waals surface area contributed by atoms with Gasteiger partial charge in [-0.3, -0.25) is 0 Å². The summed E-state index contributed by atoms with van der Waals surface area (Å²) in [6.07, 6.45) is 1.49. The second-order valence-electron chi connectivity index (χ2n) is 5.80. The van der Waals surface area contributed by atoms with E-state index in [4.69, 9.17) is 10.5 Å². The maximum absolute atomic E-state index is 11.7. The van der Waals surface area contributed by atoms with Gasteiger partial charge < -0.3 is 10.5 Å². The van der Waals surface area contributed by atoms with Crippen LogP contribution in [-0.4, -0.2) is 33.1 Å². The fraction of sp³-hybridized carbons (Fsp3) is 0.571. The lowest BCUT2D eigenvalue weighted by Crippen LogP contribution is -2.33. The molecule has 4 nitrogen and oxygen atoms in total. The Labute approximate surface area is 113 Å². The summed E-state index contributed by atoms with van der Waals surface area (Å²) in [7, 11) is -2.91. The predicted molar refractivity (Wildman–Crippen MR) is 74.1 cm³/mol. The molecule has 0 bridgehead atoms. The van der Waals surface area contributed by atoms with Crippen molar-refractivity contribution in [1.29, 1.82) is 0 Å². The molecule has 1 aromatic carbocycles. The summed E-state index contributed by atoms with van der Waals surface area (Å²) in [6, 6.07) is 8.00. The number of fused-ring (bicyclic) bond motifs is 1. The summed E-state index contributed by atoms with van der Waals surface area (Å²) in [6.45, 7) is 1.08. The van der Waals surface area contributed by atoms with Gasteiger partial charge in [0.1, 0.15) is 5.75 Å². The molecule has 2 aliphatic heterocycles. The molecule has 19 heavy (non-hydrogen) atoms. The van der Waals surface area contributed by atoms with Gasteiger partial charge in [0.2, 0.25) is 0 Å². The molecule has 1 fully saturated rings. The predicted octanol–water partition coefficient (Wildman–Crippen LogP) is 1.32. The number of para-hydroxylation sites is 1. The van der Waals surface area contributed by atoms with E-state index in [1.807, 2.05) is 18.2 Å². The Morgan fingerprint density at radius 3 is 2.84 bits per heavy atom. The van der Waals surface area contributed by atoms with Gasteiger partial charge in [0.25, 0.3) is 0 Å². The highest BCUT2D eigenvalue weighted by Crippen LogP contribution is 2.44. The summed E-state index contributed by atoms with van der Waals surface area (Å²) in [5.74, 6) is 1.71. The van der Waals surface area contributed by atoms with Gasteiger partial charge in [-0.2, -0.15) is 0 Å². The number of hydrogen-bond acceptors (Lipinski definition) is 4. The van der Waals surface area contributed by atoms with Crippen molar-refractivity contribution in [3.8, 4) is 5.75 Å². The van der Waals surface area contributed by atoms with Crippen molar-refractivity contribution in [2.24, 2.45) is 11.1 Å². The van der Waals surface area contributed by atoms with Crippen LogP contribution in [0.5, 0.6) is 5.75 Å². The van der Waals surface area contributed by atoms with Gasteiger partial charge in [-0.15, -0.1) is 0 Å². The Bertz CT molecular complexity index is 584. The van der Waals surface area contributed by atoms with Gasteiger partial charge in [0.05, 0.1) is 18.1 Å². The second kappa shape index (κ2) is 4.49. The zero-order chi connectivity index (χ0) is 13.5. The van der Waals surface area contributed by atoms with Gasteiger partial charge in [0.15, 0.2) is 9.84 Å². The third kappa shape index (κ3) is 2.37. The minimum atomic E-state index is -2.91. The van der Waals surface area contributed by atoms with Crippen molar-refractivity contribution < 1.29 is 13.2 Å². The third-order valence-electron chi connectivity index (χ3n) is 4.38. The molecule has 2 N–H and O–H groups in total. The van der Waals surface area contributed by atoms with E-state index < -0.39 is 9.84 Å². The highest BCUT2D eigenvalue weighted by molar-refractivity contribution is 7.91. The zero-order valence-electron chi connectivity index (χ0n) is 10.8. The summed E-state index contributed by atoms with van der Waals surface area (Å²) in [5.41, 5.74) is 6.82. The standard InChI is InChI=1S/C14H19NO3S/c15-9-14(5-6-19(16,17)10-14)7-11-8-18-13-4-2-1-3-12(11)13/h1-4,11H,5-10,15H2. The van der Waals surface area contributed by atoms with Crippen LogP contribution in [0.2, 0.25) is 0 Å². The Morgan fingerprint density at radius 2 is 2.16 bits per heavy atom. The van der Waals surface area contributed by atoms with Crippen molar-refractivity contribution in [2.45, 2.75) is 18.8 Å². The van der Waals surface area contributed by atoms with Crippen LogP contribution in [0.3, 0.4) is 0 Å². The Kier molecular flexibility index (Phi) is 3.06. The summed E-state index contributed by atoms with van der Waals surface area (Å²) in [5, 5.41) is 0. The van der Waals surface area contributed by atoms with Crippen molar-refractivity contribution in [3.05, 3.63) is 29.8 Å². The monoisotopic (exact) mass is 281 g/mol. The molecule has 1 saturated heterocycles. The van der Waals surface area contributed by atoms with E-state index in [0.29, 0.717) is 19.6 Å². The summed E-state index contributed by atoms with van der Waals surface area (Å²) in [4.78, 5) is 0. The minimum absolute atomic E-state index is 0.231. The molecule has 0 aromatic heterocycles. The fourth-order valence-electron chi connectivity index (χ4n) is 3.31. The normalized spacial score (nSPS) is 31.9. The molecule has 1 aromatic rings. The molecule has 2 aliphatic rings. The van der Waals surface area contributed by atoms with E-state index in [2.05, 4.69) is 6.07 Å². The SMILES string of the molecule is NCC1(CC2COc3ccccc32)CCS(=O)(=O)C1. The summed E-state index contributed by atoms with van der Waals surface area (Å²) < 4.78 is 29.1. The van der Waals surface area contributed by atoms with Crippen LogP contribution in [0.25, 0.3) is 0 Å². The van der Waals surface area contributed by atoms with E-state index in [9.17, 15) is 8.42 Å². The van der Waals surface area contributed by atoms with Gasteiger partial charge >= 0.3 is 0 Å². The topological polar surface area (TPSA) is 69.4 Å². The number of hydrogen-bond donors (Lipinski definition) is 1. The molecule has 0 radical (unpaired) electrons. The molecule has 2 atom stereocenters. The van der Waals surface area contributed by atoms with Crippen molar-refractivity contribution >= 4 is 9.84 Å². The molecular weight excluding hydrogens is 262 g/mol. The maximum Gasteiger partial charge on any atom is 0.150 e. The molecule has 0 spiro atoms. The number of nitrogens with two attached hydrogens (primary N) is 1. The van der Waals surface area contributed by atoms with Crippen LogP contribution in [0, 0.1) is 5.41 Å². The van der Waals surface area contributed by atoms with Crippen LogP contribution in [0.15, 0.2) is 24.3 Å². The Hall–Kier alpha value is -1.07. The lowest BCUT2D eigenvalue weighted by Gasteiger charge is -2.28. The highest BCUT2D eigenvalue weighted by Gasteiger charge is 2.44. The quantitative estimate of drug-likeness (QED) is 0.907. The third-order valence-corrected chi connectivity index (χ3v) is 6.26. The minimum Gasteiger partial charge on any atom is -0.493 e. The van der Waals surface area contributed by atoms with Gasteiger partial charge in [-0.1, -0.05) is 18.2 Å². The van der Waals surface area contributed by atoms with Crippen LogP contribution >= 0.6 is 0 Å². The molecule has 0 amide bonds. The first kappa shape index (κ1) is 12.9. The first-order valence-corrected chi connectivity index (χ1v) is 8.48. The molecule has 2 unspecified atom stereocenters. The lowest BCUT2D eigenvalue weighted by molar-refractivity contribution is 0.252. The van der Waals surface area contributed by atoms with Crippen molar-refractivity contribution in [1.82, 2.24) is 0 Å². The van der Waals surface area contributed by atoms with Crippen molar-refractivity contribution in [3.63, 3.8) is 0 Å². The van der Waals surface area contributed by atoms with Crippen LogP contribution in [-0.2, 0) is 9.84 Å². The van der Waals surface area contributed by atoms with Crippen LogP contribution < -0.4 is 10.5 Å². The highest BCUT2D eigenvalue weighted by atomic mass is 32.2. The summed E-state index contributed by atoms with van der Waals surface area (Å²) >= 11 is 0.